The second-order valence-electron chi connectivity index (χ2n) is 3.82. The maximum atomic E-state index is 5.83. The third-order valence-electron chi connectivity index (χ3n) is 2.47. The molecule has 1 fully saturated rings. The highest BCUT2D eigenvalue weighted by Gasteiger charge is 2.25. The Hall–Kier alpha value is -0.800. The van der Waals surface area contributed by atoms with Crippen LogP contribution < -0.4 is 4.90 Å². The maximum absolute atomic E-state index is 5.83. The van der Waals surface area contributed by atoms with E-state index >= 15 is 0 Å². The summed E-state index contributed by atoms with van der Waals surface area (Å²) in [5.74, 6) is 1.54. The smallest absolute Gasteiger partial charge is 0.128 e. The Bertz CT molecular complexity index is 307. The van der Waals surface area contributed by atoms with Gasteiger partial charge in [-0.05, 0) is 19.1 Å². The molecule has 1 aromatic heterocycles. The fourth-order valence-corrected chi connectivity index (χ4v) is 2.03. The highest BCUT2D eigenvalue weighted by Crippen LogP contribution is 2.18. The highest BCUT2D eigenvalue weighted by atomic mass is 35.5. The predicted octanol–water partition coefficient (Wildman–Crippen LogP) is 1.91. The molecule has 0 bridgehead atoms. The minimum absolute atomic E-state index is 0.109. The molecule has 2 rings (SSSR count). The lowest BCUT2D eigenvalue weighted by atomic mass is 10.2. The van der Waals surface area contributed by atoms with E-state index in [2.05, 4.69) is 16.8 Å². The van der Waals surface area contributed by atoms with Crippen molar-refractivity contribution in [2.75, 3.05) is 23.9 Å². The van der Waals surface area contributed by atoms with Gasteiger partial charge in [-0.15, -0.1) is 11.6 Å². The number of morpholine rings is 1. The number of aromatic nitrogens is 1. The number of hydrogen-bond acceptors (Lipinski definition) is 3. The molecule has 0 amide bonds. The van der Waals surface area contributed by atoms with Crippen LogP contribution in [0.15, 0.2) is 24.4 Å². The largest absolute Gasteiger partial charge is 0.370 e. The summed E-state index contributed by atoms with van der Waals surface area (Å²) in [5, 5.41) is 0. The number of nitrogens with zero attached hydrogens (tertiary/aromatic N) is 2. The third kappa shape index (κ3) is 2.61. The van der Waals surface area contributed by atoms with E-state index in [0.29, 0.717) is 5.88 Å². The molecule has 1 saturated heterocycles. The van der Waals surface area contributed by atoms with Gasteiger partial charge in [0.25, 0.3) is 0 Å². The van der Waals surface area contributed by atoms with E-state index < -0.39 is 0 Å². The van der Waals surface area contributed by atoms with Crippen LogP contribution in [0.5, 0.6) is 0 Å². The minimum Gasteiger partial charge on any atom is -0.370 e. The molecule has 82 valence electrons. The number of rotatable bonds is 2. The van der Waals surface area contributed by atoms with E-state index in [-0.39, 0.29) is 12.2 Å². The average molecular weight is 227 g/mol. The van der Waals surface area contributed by atoms with Gasteiger partial charge in [-0.2, -0.15) is 0 Å². The molecule has 15 heavy (non-hydrogen) atoms. The summed E-state index contributed by atoms with van der Waals surface area (Å²) >= 11 is 5.83. The number of ether oxygens (including phenoxy) is 1. The summed E-state index contributed by atoms with van der Waals surface area (Å²) in [5.41, 5.74) is 0. The van der Waals surface area contributed by atoms with E-state index in [0.717, 1.165) is 18.9 Å². The topological polar surface area (TPSA) is 25.4 Å². The molecule has 4 heteroatoms. The zero-order valence-corrected chi connectivity index (χ0v) is 9.52. The molecule has 0 radical (unpaired) electrons. The second kappa shape index (κ2) is 4.81. The van der Waals surface area contributed by atoms with Gasteiger partial charge in [-0.25, -0.2) is 4.98 Å². The second-order valence-corrected chi connectivity index (χ2v) is 4.12. The summed E-state index contributed by atoms with van der Waals surface area (Å²) in [6.07, 6.45) is 2.13. The number of pyridine rings is 1. The van der Waals surface area contributed by atoms with Crippen LogP contribution in [-0.4, -0.2) is 36.2 Å². The number of halogens is 1. The lowest BCUT2D eigenvalue weighted by Gasteiger charge is -2.36. The monoisotopic (exact) mass is 226 g/mol. The van der Waals surface area contributed by atoms with Gasteiger partial charge in [-0.3, -0.25) is 0 Å². The first kappa shape index (κ1) is 10.7. The average Bonchev–Trinajstić information content (AvgIpc) is 2.29. The van der Waals surface area contributed by atoms with Gasteiger partial charge in [-0.1, -0.05) is 6.07 Å². The predicted molar refractivity (Wildman–Crippen MR) is 61.5 cm³/mol. The Morgan fingerprint density at radius 1 is 1.53 bits per heavy atom. The maximum Gasteiger partial charge on any atom is 0.128 e. The number of anilines is 1. The summed E-state index contributed by atoms with van der Waals surface area (Å²) in [6, 6.07) is 5.94. The van der Waals surface area contributed by atoms with E-state index in [1.54, 1.807) is 0 Å². The zero-order chi connectivity index (χ0) is 10.7. The van der Waals surface area contributed by atoms with Crippen LogP contribution >= 0.6 is 11.6 Å². The summed E-state index contributed by atoms with van der Waals surface area (Å²) in [7, 11) is 0. The van der Waals surface area contributed by atoms with Gasteiger partial charge in [0.1, 0.15) is 5.82 Å². The van der Waals surface area contributed by atoms with Crippen LogP contribution in [-0.2, 0) is 4.74 Å². The molecule has 0 aromatic carbocycles. The molecule has 1 aromatic rings. The Morgan fingerprint density at radius 3 is 3.07 bits per heavy atom. The molecule has 1 aliphatic rings. The Balaban J connectivity index is 2.09. The first-order chi connectivity index (χ1) is 7.29. The molecule has 3 nitrogen and oxygen atoms in total. The van der Waals surface area contributed by atoms with Crippen LogP contribution in [0, 0.1) is 0 Å². The van der Waals surface area contributed by atoms with Crippen molar-refractivity contribution >= 4 is 17.4 Å². The van der Waals surface area contributed by atoms with Crippen LogP contribution in [0.2, 0.25) is 0 Å². The SMILES string of the molecule is CC1CN(c2ccccn2)CC(CCl)O1. The van der Waals surface area contributed by atoms with Crippen LogP contribution in [0.25, 0.3) is 0 Å². The van der Waals surface area contributed by atoms with Gasteiger partial charge < -0.3 is 9.64 Å². The minimum atomic E-state index is 0.109. The van der Waals surface area contributed by atoms with Crippen LogP contribution in [0.4, 0.5) is 5.82 Å². The molecule has 0 N–H and O–H groups in total. The van der Waals surface area contributed by atoms with Gasteiger partial charge in [0, 0.05) is 19.3 Å². The van der Waals surface area contributed by atoms with Crippen molar-refractivity contribution in [1.82, 2.24) is 4.98 Å². The molecule has 2 unspecified atom stereocenters. The van der Waals surface area contributed by atoms with Crippen molar-refractivity contribution in [3.05, 3.63) is 24.4 Å². The van der Waals surface area contributed by atoms with E-state index in [4.69, 9.17) is 16.3 Å². The molecular weight excluding hydrogens is 212 g/mol. The number of alkyl halides is 1. The van der Waals surface area contributed by atoms with E-state index in [1.165, 1.54) is 0 Å². The van der Waals surface area contributed by atoms with Crippen molar-refractivity contribution in [3.8, 4) is 0 Å². The molecule has 0 spiro atoms. The summed E-state index contributed by atoms with van der Waals surface area (Å²) in [4.78, 5) is 6.56. The summed E-state index contributed by atoms with van der Waals surface area (Å²) < 4.78 is 5.69. The highest BCUT2D eigenvalue weighted by molar-refractivity contribution is 6.18. The first-order valence-corrected chi connectivity index (χ1v) is 5.70. The Labute approximate surface area is 95.0 Å². The van der Waals surface area contributed by atoms with Gasteiger partial charge in [0.2, 0.25) is 0 Å². The van der Waals surface area contributed by atoms with Gasteiger partial charge in [0.15, 0.2) is 0 Å². The quantitative estimate of drug-likeness (QED) is 0.721. The first-order valence-electron chi connectivity index (χ1n) is 5.17. The lowest BCUT2D eigenvalue weighted by Crippen LogP contribution is -2.47. The Morgan fingerprint density at radius 2 is 2.40 bits per heavy atom. The van der Waals surface area contributed by atoms with Crippen molar-refractivity contribution in [2.24, 2.45) is 0 Å². The van der Waals surface area contributed by atoms with Crippen LogP contribution in [0.1, 0.15) is 6.92 Å². The molecule has 1 aliphatic heterocycles. The van der Waals surface area contributed by atoms with E-state index in [1.807, 2.05) is 24.4 Å². The molecule has 2 heterocycles. The lowest BCUT2D eigenvalue weighted by molar-refractivity contribution is -0.00357. The van der Waals surface area contributed by atoms with Crippen molar-refractivity contribution in [3.63, 3.8) is 0 Å². The van der Waals surface area contributed by atoms with Crippen molar-refractivity contribution < 1.29 is 4.74 Å². The Kier molecular flexibility index (Phi) is 3.44. The third-order valence-corrected chi connectivity index (χ3v) is 2.82. The molecular formula is C11H15ClN2O. The normalized spacial score (nSPS) is 26.7. The zero-order valence-electron chi connectivity index (χ0n) is 8.77. The van der Waals surface area contributed by atoms with Gasteiger partial charge in [0.05, 0.1) is 18.1 Å². The van der Waals surface area contributed by atoms with Crippen molar-refractivity contribution in [1.29, 1.82) is 0 Å². The standard InChI is InChI=1S/C11H15ClN2O/c1-9-7-14(8-10(6-12)15-9)11-4-2-3-5-13-11/h2-5,9-10H,6-8H2,1H3. The molecule has 2 atom stereocenters. The van der Waals surface area contributed by atoms with Crippen LogP contribution in [0.3, 0.4) is 0 Å². The summed E-state index contributed by atoms with van der Waals surface area (Å²) in [6.45, 7) is 3.77. The van der Waals surface area contributed by atoms with Crippen molar-refractivity contribution in [2.45, 2.75) is 19.1 Å². The van der Waals surface area contributed by atoms with Gasteiger partial charge >= 0.3 is 0 Å². The molecule has 0 aliphatic carbocycles. The van der Waals surface area contributed by atoms with E-state index in [9.17, 15) is 0 Å². The molecule has 0 saturated carbocycles. The number of hydrogen-bond donors (Lipinski definition) is 0. The fraction of sp³-hybridized carbons (Fsp3) is 0.545. The fourth-order valence-electron chi connectivity index (χ4n) is 1.86.